The second-order valence-electron chi connectivity index (χ2n) is 4.79. The van der Waals surface area contributed by atoms with Crippen molar-refractivity contribution in [3.63, 3.8) is 0 Å². The van der Waals surface area contributed by atoms with E-state index in [0.29, 0.717) is 18.9 Å². The normalized spacial score (nSPS) is 13.4. The van der Waals surface area contributed by atoms with E-state index in [1.165, 1.54) is 13.2 Å². The molecule has 20 heavy (non-hydrogen) atoms. The van der Waals surface area contributed by atoms with Crippen LogP contribution in [0.2, 0.25) is 0 Å². The molecule has 7 nitrogen and oxygen atoms in total. The van der Waals surface area contributed by atoms with Gasteiger partial charge in [0.25, 0.3) is 5.91 Å². The van der Waals surface area contributed by atoms with Crippen molar-refractivity contribution in [1.29, 1.82) is 0 Å². The molecule has 0 aliphatic carbocycles. The highest BCUT2D eigenvalue weighted by molar-refractivity contribution is 6.03. The zero-order chi connectivity index (χ0) is 14.3. The third kappa shape index (κ3) is 1.97. The van der Waals surface area contributed by atoms with Crippen LogP contribution in [0.25, 0.3) is 0 Å². The molecule has 0 bridgehead atoms. The van der Waals surface area contributed by atoms with Gasteiger partial charge in [-0.3, -0.25) is 14.7 Å². The molecule has 0 fully saturated rings. The van der Waals surface area contributed by atoms with Gasteiger partial charge in [0.05, 0.1) is 25.0 Å². The molecule has 0 saturated carbocycles. The topological polar surface area (TPSA) is 91.2 Å². The van der Waals surface area contributed by atoms with Gasteiger partial charge >= 0.3 is 0 Å². The van der Waals surface area contributed by atoms with Gasteiger partial charge in [0.15, 0.2) is 5.76 Å². The van der Waals surface area contributed by atoms with Crippen LogP contribution >= 0.6 is 0 Å². The van der Waals surface area contributed by atoms with Gasteiger partial charge < -0.3 is 14.6 Å². The number of H-pyrrole nitrogens is 1. The summed E-state index contributed by atoms with van der Waals surface area (Å²) in [4.78, 5) is 25.1. The number of furan rings is 1. The van der Waals surface area contributed by atoms with Gasteiger partial charge in [0, 0.05) is 18.1 Å². The lowest BCUT2D eigenvalue weighted by molar-refractivity contribution is -0.129. The van der Waals surface area contributed by atoms with Crippen LogP contribution in [0.5, 0.6) is 0 Å². The second-order valence-corrected chi connectivity index (χ2v) is 4.79. The summed E-state index contributed by atoms with van der Waals surface area (Å²) in [6.07, 6.45) is 1.47. The summed E-state index contributed by atoms with van der Waals surface area (Å²) in [6, 6.07) is 1.73. The molecule has 1 aliphatic rings. The fourth-order valence-corrected chi connectivity index (χ4v) is 2.23. The van der Waals surface area contributed by atoms with Crippen LogP contribution in [0.15, 0.2) is 16.7 Å². The van der Waals surface area contributed by atoms with Crippen molar-refractivity contribution >= 4 is 17.6 Å². The molecule has 104 valence electrons. The van der Waals surface area contributed by atoms with Crippen LogP contribution in [0.4, 0.5) is 5.82 Å². The molecule has 2 N–H and O–H groups in total. The smallest absolute Gasteiger partial charge is 0.292 e. The third-order valence-corrected chi connectivity index (χ3v) is 3.39. The number of carbonyl (C=O) groups excluding carboxylic acids is 2. The number of nitrogens with one attached hydrogen (secondary N) is 2. The van der Waals surface area contributed by atoms with Crippen molar-refractivity contribution in [3.8, 4) is 0 Å². The number of hydrogen-bond acceptors (Lipinski definition) is 4. The Hall–Kier alpha value is -2.57. The highest BCUT2D eigenvalue weighted by atomic mass is 16.3. The fourth-order valence-electron chi connectivity index (χ4n) is 2.23. The van der Waals surface area contributed by atoms with E-state index >= 15 is 0 Å². The van der Waals surface area contributed by atoms with Crippen molar-refractivity contribution in [2.45, 2.75) is 26.9 Å². The summed E-state index contributed by atoms with van der Waals surface area (Å²) in [7, 11) is 0. The first-order chi connectivity index (χ1) is 9.56. The van der Waals surface area contributed by atoms with Crippen molar-refractivity contribution in [2.75, 3.05) is 5.32 Å². The first kappa shape index (κ1) is 12.5. The van der Waals surface area contributed by atoms with E-state index in [1.807, 2.05) is 0 Å². The number of aromatic amines is 1. The monoisotopic (exact) mass is 274 g/mol. The Kier molecular flexibility index (Phi) is 2.81. The molecule has 3 rings (SSSR count). The highest BCUT2D eigenvalue weighted by Gasteiger charge is 2.27. The van der Waals surface area contributed by atoms with Gasteiger partial charge in [-0.05, 0) is 13.0 Å². The summed E-state index contributed by atoms with van der Waals surface area (Å²) in [5.74, 6) is 0.446. The minimum atomic E-state index is -0.333. The van der Waals surface area contributed by atoms with Crippen LogP contribution in [0, 0.1) is 6.92 Å². The molecular weight excluding hydrogens is 260 g/mol. The molecule has 0 radical (unpaired) electrons. The maximum atomic E-state index is 12.1. The summed E-state index contributed by atoms with van der Waals surface area (Å²) < 4.78 is 5.14. The molecule has 0 unspecified atom stereocenters. The number of anilines is 1. The van der Waals surface area contributed by atoms with Crippen LogP contribution in [0.3, 0.4) is 0 Å². The summed E-state index contributed by atoms with van der Waals surface area (Å²) in [5.41, 5.74) is 2.40. The van der Waals surface area contributed by atoms with Crippen LogP contribution in [0.1, 0.15) is 34.3 Å². The highest BCUT2D eigenvalue weighted by Crippen LogP contribution is 2.27. The van der Waals surface area contributed by atoms with E-state index in [-0.39, 0.29) is 17.6 Å². The largest absolute Gasteiger partial charge is 0.459 e. The van der Waals surface area contributed by atoms with Gasteiger partial charge in [0.2, 0.25) is 5.91 Å². The summed E-state index contributed by atoms with van der Waals surface area (Å²) in [5, 5.41) is 9.64. The molecule has 0 saturated heterocycles. The second kappa shape index (κ2) is 4.52. The van der Waals surface area contributed by atoms with Gasteiger partial charge in [-0.25, -0.2) is 0 Å². The minimum absolute atomic E-state index is 0.0119. The van der Waals surface area contributed by atoms with Crippen molar-refractivity contribution in [2.24, 2.45) is 0 Å². The molecule has 3 heterocycles. The molecular formula is C13H14N4O3. The molecule has 2 aromatic rings. The average molecular weight is 274 g/mol. The Morgan fingerprint density at radius 3 is 2.90 bits per heavy atom. The molecule has 7 heteroatoms. The Balaban J connectivity index is 1.80. The minimum Gasteiger partial charge on any atom is -0.459 e. The van der Waals surface area contributed by atoms with Crippen molar-refractivity contribution in [1.82, 2.24) is 15.1 Å². The zero-order valence-corrected chi connectivity index (χ0v) is 11.2. The quantitative estimate of drug-likeness (QED) is 0.866. The maximum Gasteiger partial charge on any atom is 0.292 e. The van der Waals surface area contributed by atoms with Crippen molar-refractivity contribution in [3.05, 3.63) is 34.9 Å². The lowest BCUT2D eigenvalue weighted by Gasteiger charge is -2.12. The van der Waals surface area contributed by atoms with E-state index in [2.05, 4.69) is 15.5 Å². The van der Waals surface area contributed by atoms with Gasteiger partial charge in [-0.2, -0.15) is 5.10 Å². The molecule has 2 amide bonds. The van der Waals surface area contributed by atoms with Gasteiger partial charge in [0.1, 0.15) is 5.82 Å². The van der Waals surface area contributed by atoms with Crippen LogP contribution < -0.4 is 5.32 Å². The number of amides is 2. The Morgan fingerprint density at radius 2 is 2.25 bits per heavy atom. The predicted octanol–water partition coefficient (Wildman–Crippen LogP) is 1.43. The van der Waals surface area contributed by atoms with Gasteiger partial charge in [-0.1, -0.05) is 0 Å². The van der Waals surface area contributed by atoms with E-state index in [0.717, 1.165) is 16.8 Å². The SMILES string of the molecule is CC(=O)N1Cc2n[nH]c(NC(=O)c3occc3C)c2C1. The fraction of sp³-hybridized carbons (Fsp3) is 0.308. The molecule has 1 aliphatic heterocycles. The maximum absolute atomic E-state index is 12.1. The number of rotatable bonds is 2. The average Bonchev–Trinajstić information content (AvgIpc) is 3.05. The standard InChI is InChI=1S/C13H14N4O3/c1-7-3-4-20-11(7)13(19)14-12-9-5-17(8(2)18)6-10(9)15-16-12/h3-4H,5-6H2,1-2H3,(H2,14,15,16,19). The first-order valence-corrected chi connectivity index (χ1v) is 6.23. The Bertz CT molecular complexity index is 686. The van der Waals surface area contributed by atoms with E-state index in [4.69, 9.17) is 4.42 Å². The zero-order valence-electron chi connectivity index (χ0n) is 11.2. The lowest BCUT2D eigenvalue weighted by Crippen LogP contribution is -2.23. The van der Waals surface area contributed by atoms with Gasteiger partial charge in [-0.15, -0.1) is 0 Å². The number of aryl methyl sites for hydroxylation is 1. The summed E-state index contributed by atoms with van der Waals surface area (Å²) in [6.45, 7) is 4.23. The molecule has 0 atom stereocenters. The Morgan fingerprint density at radius 1 is 1.45 bits per heavy atom. The van der Waals surface area contributed by atoms with Crippen LogP contribution in [-0.2, 0) is 17.9 Å². The van der Waals surface area contributed by atoms with E-state index in [1.54, 1.807) is 17.9 Å². The van der Waals surface area contributed by atoms with Crippen molar-refractivity contribution < 1.29 is 14.0 Å². The number of hydrogen-bond donors (Lipinski definition) is 2. The lowest BCUT2D eigenvalue weighted by atomic mass is 10.2. The number of nitrogens with zero attached hydrogens (tertiary/aromatic N) is 2. The third-order valence-electron chi connectivity index (χ3n) is 3.39. The molecule has 0 aromatic carbocycles. The number of aromatic nitrogens is 2. The number of fused-ring (bicyclic) bond motifs is 1. The predicted molar refractivity (Wildman–Crippen MR) is 69.9 cm³/mol. The summed E-state index contributed by atoms with van der Waals surface area (Å²) >= 11 is 0. The van der Waals surface area contributed by atoms with Crippen LogP contribution in [-0.4, -0.2) is 26.9 Å². The number of carbonyl (C=O) groups is 2. The van der Waals surface area contributed by atoms with E-state index in [9.17, 15) is 9.59 Å². The Labute approximate surface area is 114 Å². The first-order valence-electron chi connectivity index (χ1n) is 6.23. The molecule has 0 spiro atoms. The van der Waals surface area contributed by atoms with E-state index < -0.39 is 0 Å². The molecule has 2 aromatic heterocycles.